The Labute approximate surface area is 131 Å². The van der Waals surface area contributed by atoms with Crippen LogP contribution in [0, 0.1) is 0 Å². The molecule has 0 radical (unpaired) electrons. The average Bonchev–Trinajstić information content (AvgIpc) is 2.58. The quantitative estimate of drug-likeness (QED) is 0.598. The van der Waals surface area contributed by atoms with Gasteiger partial charge in [0.1, 0.15) is 0 Å². The van der Waals surface area contributed by atoms with Gasteiger partial charge in [0.2, 0.25) is 0 Å². The van der Waals surface area contributed by atoms with Gasteiger partial charge in [-0.3, -0.25) is 0 Å². The van der Waals surface area contributed by atoms with E-state index in [0.717, 1.165) is 23.5 Å². The molecule has 4 nitrogen and oxygen atoms in total. The summed E-state index contributed by atoms with van der Waals surface area (Å²) in [5, 5.41) is 4.27. The van der Waals surface area contributed by atoms with Crippen LogP contribution in [0.4, 0.5) is 0 Å². The molecule has 0 saturated heterocycles. The summed E-state index contributed by atoms with van der Waals surface area (Å²) in [7, 11) is 1.64. The molecule has 116 valence electrons. The average molecular weight is 298 g/mol. The van der Waals surface area contributed by atoms with Crippen LogP contribution in [0.15, 0.2) is 53.6 Å². The lowest BCUT2D eigenvalue weighted by atomic mass is 10.2. The monoisotopic (exact) mass is 298 g/mol. The maximum Gasteiger partial charge on any atom is 0.169 e. The van der Waals surface area contributed by atoms with E-state index in [4.69, 9.17) is 9.47 Å². The highest BCUT2D eigenvalue weighted by atomic mass is 16.5. The molecule has 2 rings (SSSR count). The van der Waals surface area contributed by atoms with Gasteiger partial charge in [-0.1, -0.05) is 43.3 Å². The van der Waals surface area contributed by atoms with Gasteiger partial charge in [0.05, 0.1) is 26.5 Å². The lowest BCUT2D eigenvalue weighted by Crippen LogP contribution is -2.06. The Morgan fingerprint density at radius 2 is 1.91 bits per heavy atom. The first-order valence-electron chi connectivity index (χ1n) is 7.44. The van der Waals surface area contributed by atoms with Gasteiger partial charge in [-0.25, -0.2) is 0 Å². The topological polar surface area (TPSA) is 42.8 Å². The number of benzene rings is 2. The minimum atomic E-state index is 0.651. The van der Waals surface area contributed by atoms with Crippen LogP contribution in [-0.2, 0) is 6.54 Å². The number of nitrogens with zero attached hydrogens (tertiary/aromatic N) is 1. The van der Waals surface area contributed by atoms with Crippen LogP contribution in [0.1, 0.15) is 24.5 Å². The van der Waals surface area contributed by atoms with Crippen molar-refractivity contribution in [1.82, 2.24) is 5.43 Å². The third kappa shape index (κ3) is 4.52. The summed E-state index contributed by atoms with van der Waals surface area (Å²) in [6.45, 7) is 3.41. The SMILES string of the molecule is CCCOc1c(C=NNCc2ccccc2)cccc1OC. The maximum atomic E-state index is 5.78. The van der Waals surface area contributed by atoms with Gasteiger partial charge in [-0.15, -0.1) is 0 Å². The number of hydrogen-bond acceptors (Lipinski definition) is 4. The molecule has 0 spiro atoms. The van der Waals surface area contributed by atoms with Crippen LogP contribution in [0.3, 0.4) is 0 Å². The first-order valence-corrected chi connectivity index (χ1v) is 7.44. The number of para-hydroxylation sites is 1. The lowest BCUT2D eigenvalue weighted by Gasteiger charge is -2.12. The molecule has 0 unspecified atom stereocenters. The zero-order valence-electron chi connectivity index (χ0n) is 13.1. The number of hydrogen-bond donors (Lipinski definition) is 1. The van der Waals surface area contributed by atoms with Crippen LogP contribution in [0.25, 0.3) is 0 Å². The Morgan fingerprint density at radius 3 is 2.64 bits per heavy atom. The third-order valence-electron chi connectivity index (χ3n) is 3.10. The van der Waals surface area contributed by atoms with E-state index in [9.17, 15) is 0 Å². The van der Waals surface area contributed by atoms with Gasteiger partial charge in [0, 0.05) is 5.56 Å². The molecule has 0 amide bonds. The molecule has 0 bridgehead atoms. The van der Waals surface area contributed by atoms with E-state index in [2.05, 4.69) is 29.6 Å². The fourth-order valence-corrected chi connectivity index (χ4v) is 2.00. The summed E-state index contributed by atoms with van der Waals surface area (Å²) >= 11 is 0. The van der Waals surface area contributed by atoms with Crippen molar-refractivity contribution in [2.75, 3.05) is 13.7 Å². The van der Waals surface area contributed by atoms with E-state index in [-0.39, 0.29) is 0 Å². The van der Waals surface area contributed by atoms with Crippen LogP contribution in [-0.4, -0.2) is 19.9 Å². The smallest absolute Gasteiger partial charge is 0.169 e. The van der Waals surface area contributed by atoms with E-state index in [1.54, 1.807) is 13.3 Å². The van der Waals surface area contributed by atoms with Gasteiger partial charge in [-0.2, -0.15) is 5.10 Å². The van der Waals surface area contributed by atoms with Crippen LogP contribution < -0.4 is 14.9 Å². The summed E-state index contributed by atoms with van der Waals surface area (Å²) in [6, 6.07) is 15.9. The molecule has 0 aliphatic rings. The Morgan fingerprint density at radius 1 is 1.09 bits per heavy atom. The molecular formula is C18H22N2O2. The summed E-state index contributed by atoms with van der Waals surface area (Å²) < 4.78 is 11.1. The second-order valence-electron chi connectivity index (χ2n) is 4.81. The van der Waals surface area contributed by atoms with Gasteiger partial charge in [0.15, 0.2) is 11.5 Å². The van der Waals surface area contributed by atoms with Gasteiger partial charge in [-0.05, 0) is 24.1 Å². The molecule has 0 aromatic heterocycles. The van der Waals surface area contributed by atoms with Gasteiger partial charge >= 0.3 is 0 Å². The highest BCUT2D eigenvalue weighted by molar-refractivity contribution is 5.84. The van der Waals surface area contributed by atoms with Crippen molar-refractivity contribution in [3.05, 3.63) is 59.7 Å². The summed E-state index contributed by atoms with van der Waals surface area (Å²) in [6.07, 6.45) is 2.71. The van der Waals surface area contributed by atoms with Crippen molar-refractivity contribution in [3.8, 4) is 11.5 Å². The molecule has 22 heavy (non-hydrogen) atoms. The predicted molar refractivity (Wildman–Crippen MR) is 89.7 cm³/mol. The van der Waals surface area contributed by atoms with Crippen LogP contribution >= 0.6 is 0 Å². The Kier molecular flexibility index (Phi) is 6.30. The second kappa shape index (κ2) is 8.72. The van der Waals surface area contributed by atoms with E-state index in [0.29, 0.717) is 13.2 Å². The molecule has 0 aliphatic heterocycles. The predicted octanol–water partition coefficient (Wildman–Crippen LogP) is 3.61. The number of rotatable bonds is 8. The van der Waals surface area contributed by atoms with E-state index < -0.39 is 0 Å². The van der Waals surface area contributed by atoms with Crippen molar-refractivity contribution in [1.29, 1.82) is 0 Å². The highest BCUT2D eigenvalue weighted by Crippen LogP contribution is 2.30. The van der Waals surface area contributed by atoms with Crippen molar-refractivity contribution in [3.63, 3.8) is 0 Å². The minimum Gasteiger partial charge on any atom is -0.493 e. The summed E-state index contributed by atoms with van der Waals surface area (Å²) in [5.41, 5.74) is 5.13. The standard InChI is InChI=1S/C18H22N2O2/c1-3-12-22-18-16(10-7-11-17(18)21-2)14-20-19-13-15-8-5-4-6-9-15/h4-11,14,19H,3,12-13H2,1-2H3. The number of methoxy groups -OCH3 is 1. The Hall–Kier alpha value is -2.49. The van der Waals surface area contributed by atoms with E-state index >= 15 is 0 Å². The minimum absolute atomic E-state index is 0.651. The van der Waals surface area contributed by atoms with E-state index in [1.165, 1.54) is 5.56 Å². The van der Waals surface area contributed by atoms with Gasteiger partial charge in [0.25, 0.3) is 0 Å². The van der Waals surface area contributed by atoms with Crippen molar-refractivity contribution in [2.24, 2.45) is 5.10 Å². The molecule has 1 N–H and O–H groups in total. The molecule has 2 aromatic rings. The molecule has 4 heteroatoms. The molecule has 0 atom stereocenters. The number of nitrogens with one attached hydrogen (secondary N) is 1. The maximum absolute atomic E-state index is 5.78. The lowest BCUT2D eigenvalue weighted by molar-refractivity contribution is 0.294. The fraction of sp³-hybridized carbons (Fsp3) is 0.278. The molecule has 0 saturated carbocycles. The summed E-state index contributed by atoms with van der Waals surface area (Å²) in [4.78, 5) is 0. The summed E-state index contributed by atoms with van der Waals surface area (Å²) in [5.74, 6) is 1.46. The molecular weight excluding hydrogens is 276 g/mol. The molecule has 2 aromatic carbocycles. The normalized spacial score (nSPS) is 10.6. The first kappa shape index (κ1) is 15.9. The largest absolute Gasteiger partial charge is 0.493 e. The number of hydrazone groups is 1. The first-order chi connectivity index (χ1) is 10.8. The highest BCUT2D eigenvalue weighted by Gasteiger charge is 2.08. The van der Waals surface area contributed by atoms with Crippen LogP contribution in [0.5, 0.6) is 11.5 Å². The Balaban J connectivity index is 2.03. The fourth-order valence-electron chi connectivity index (χ4n) is 2.00. The van der Waals surface area contributed by atoms with Crippen LogP contribution in [0.2, 0.25) is 0 Å². The molecule has 0 aliphatic carbocycles. The zero-order chi connectivity index (χ0) is 15.6. The van der Waals surface area contributed by atoms with Crippen molar-refractivity contribution in [2.45, 2.75) is 19.9 Å². The third-order valence-corrected chi connectivity index (χ3v) is 3.10. The number of ether oxygens (including phenoxy) is 2. The Bertz CT molecular complexity index is 597. The van der Waals surface area contributed by atoms with Crippen molar-refractivity contribution < 1.29 is 9.47 Å². The van der Waals surface area contributed by atoms with Crippen molar-refractivity contribution >= 4 is 6.21 Å². The molecule has 0 fully saturated rings. The molecule has 0 heterocycles. The second-order valence-corrected chi connectivity index (χ2v) is 4.81. The van der Waals surface area contributed by atoms with E-state index in [1.807, 2.05) is 36.4 Å². The zero-order valence-corrected chi connectivity index (χ0v) is 13.1. The van der Waals surface area contributed by atoms with Gasteiger partial charge < -0.3 is 14.9 Å².